The summed E-state index contributed by atoms with van der Waals surface area (Å²) in [5.74, 6) is 0.433. The summed E-state index contributed by atoms with van der Waals surface area (Å²) in [6, 6.07) is 19.6. The Hall–Kier alpha value is -3.04. The summed E-state index contributed by atoms with van der Waals surface area (Å²) >= 11 is 2.91. The maximum atomic E-state index is 12.4. The highest BCUT2D eigenvalue weighted by Crippen LogP contribution is 2.28. The van der Waals surface area contributed by atoms with Crippen molar-refractivity contribution < 1.29 is 4.79 Å². The summed E-state index contributed by atoms with van der Waals surface area (Å²) in [5, 5.41) is 19.2. The molecule has 0 bridgehead atoms. The Morgan fingerprint density at radius 3 is 2.52 bits per heavy atom. The number of rotatable bonds is 6. The first-order chi connectivity index (χ1) is 13.3. The molecular formula is C18H14N6OS2. The summed E-state index contributed by atoms with van der Waals surface area (Å²) in [7, 11) is 0. The van der Waals surface area contributed by atoms with Gasteiger partial charge in [0.2, 0.25) is 5.13 Å². The van der Waals surface area contributed by atoms with Gasteiger partial charge in [0, 0.05) is 5.75 Å². The van der Waals surface area contributed by atoms with E-state index in [1.807, 2.05) is 48.5 Å². The number of carbonyl (C=O) groups excluding carboxylic acids is 1. The van der Waals surface area contributed by atoms with Crippen LogP contribution >= 0.6 is 23.1 Å². The minimum atomic E-state index is -0.368. The van der Waals surface area contributed by atoms with Crippen LogP contribution in [-0.2, 0) is 5.75 Å². The number of aromatic nitrogens is 5. The zero-order valence-corrected chi connectivity index (χ0v) is 15.7. The van der Waals surface area contributed by atoms with Gasteiger partial charge in [-0.1, -0.05) is 76.8 Å². The molecule has 0 aliphatic carbocycles. The molecule has 0 spiro atoms. The molecule has 9 heteroatoms. The van der Waals surface area contributed by atoms with Gasteiger partial charge in [0.05, 0.1) is 11.9 Å². The van der Waals surface area contributed by atoms with Crippen LogP contribution in [0, 0.1) is 0 Å². The molecule has 0 radical (unpaired) electrons. The number of benzene rings is 2. The molecule has 4 rings (SSSR count). The van der Waals surface area contributed by atoms with Crippen molar-refractivity contribution in [1.29, 1.82) is 0 Å². The first kappa shape index (κ1) is 17.4. The Morgan fingerprint density at radius 1 is 1.00 bits per heavy atom. The van der Waals surface area contributed by atoms with Crippen molar-refractivity contribution in [3.63, 3.8) is 0 Å². The Kier molecular flexibility index (Phi) is 5.22. The number of amides is 1. The lowest BCUT2D eigenvalue weighted by Crippen LogP contribution is -2.12. The maximum absolute atomic E-state index is 12.4. The van der Waals surface area contributed by atoms with E-state index in [0.29, 0.717) is 5.13 Å². The number of anilines is 1. The van der Waals surface area contributed by atoms with Crippen molar-refractivity contribution in [1.82, 2.24) is 25.2 Å². The number of hydrogen-bond acceptors (Lipinski definition) is 7. The van der Waals surface area contributed by atoms with Gasteiger partial charge in [-0.3, -0.25) is 10.1 Å². The molecule has 1 N–H and O–H groups in total. The molecule has 7 nitrogen and oxygen atoms in total. The maximum Gasteiger partial charge on any atom is 0.279 e. The molecule has 0 unspecified atom stereocenters. The van der Waals surface area contributed by atoms with E-state index in [2.05, 4.69) is 38.0 Å². The van der Waals surface area contributed by atoms with Gasteiger partial charge in [-0.15, -0.1) is 15.3 Å². The largest absolute Gasteiger partial charge is 0.295 e. The summed E-state index contributed by atoms with van der Waals surface area (Å²) in [6.07, 6.45) is 1.58. The fourth-order valence-electron chi connectivity index (χ4n) is 2.27. The fraction of sp³-hybridized carbons (Fsp3) is 0.0556. The first-order valence-corrected chi connectivity index (χ1v) is 9.87. The molecule has 27 heavy (non-hydrogen) atoms. The predicted molar refractivity (Wildman–Crippen MR) is 105 cm³/mol. The SMILES string of the molecule is O=C(Nc1nnc(SCc2ccccc2)s1)c1cn(-c2ccccc2)nn1. The number of nitrogens with one attached hydrogen (secondary N) is 1. The second-order valence-electron chi connectivity index (χ2n) is 5.49. The van der Waals surface area contributed by atoms with Crippen LogP contribution in [0.5, 0.6) is 0 Å². The third-order valence-corrected chi connectivity index (χ3v) is 5.62. The lowest BCUT2D eigenvalue weighted by atomic mass is 10.2. The molecule has 4 aromatic rings. The first-order valence-electron chi connectivity index (χ1n) is 8.07. The highest BCUT2D eigenvalue weighted by molar-refractivity contribution is 8.00. The van der Waals surface area contributed by atoms with Crippen LogP contribution in [0.15, 0.2) is 71.2 Å². The third kappa shape index (κ3) is 4.39. The second kappa shape index (κ2) is 8.11. The Labute approximate surface area is 163 Å². The van der Waals surface area contributed by atoms with E-state index in [0.717, 1.165) is 15.8 Å². The zero-order valence-electron chi connectivity index (χ0n) is 14.0. The topological polar surface area (TPSA) is 85.6 Å². The van der Waals surface area contributed by atoms with Crippen LogP contribution in [-0.4, -0.2) is 31.1 Å². The molecule has 1 amide bonds. The number of carbonyl (C=O) groups is 1. The molecule has 0 aliphatic rings. The number of thioether (sulfide) groups is 1. The van der Waals surface area contributed by atoms with Crippen LogP contribution in [0.3, 0.4) is 0 Å². The van der Waals surface area contributed by atoms with E-state index in [4.69, 9.17) is 0 Å². The van der Waals surface area contributed by atoms with E-state index in [-0.39, 0.29) is 11.6 Å². The molecular weight excluding hydrogens is 380 g/mol. The van der Waals surface area contributed by atoms with Gasteiger partial charge in [0.15, 0.2) is 10.0 Å². The van der Waals surface area contributed by atoms with Crippen LogP contribution in [0.4, 0.5) is 5.13 Å². The van der Waals surface area contributed by atoms with E-state index in [1.54, 1.807) is 22.6 Å². The smallest absolute Gasteiger partial charge is 0.279 e. The Morgan fingerprint density at radius 2 is 1.74 bits per heavy atom. The second-order valence-corrected chi connectivity index (χ2v) is 7.69. The third-order valence-electron chi connectivity index (χ3n) is 3.58. The van der Waals surface area contributed by atoms with Gasteiger partial charge in [0.25, 0.3) is 5.91 Å². The summed E-state index contributed by atoms with van der Waals surface area (Å²) < 4.78 is 2.35. The predicted octanol–water partition coefficient (Wildman–Crippen LogP) is 3.66. The lowest BCUT2D eigenvalue weighted by molar-refractivity contribution is 0.102. The Bertz CT molecular complexity index is 1030. The summed E-state index contributed by atoms with van der Waals surface area (Å²) in [4.78, 5) is 12.4. The van der Waals surface area contributed by atoms with Gasteiger partial charge < -0.3 is 0 Å². The number of para-hydroxylation sites is 1. The fourth-order valence-corrected chi connectivity index (χ4v) is 3.98. The minimum absolute atomic E-state index is 0.215. The van der Waals surface area contributed by atoms with Gasteiger partial charge in [-0.05, 0) is 17.7 Å². The number of hydrogen-bond donors (Lipinski definition) is 1. The van der Waals surface area contributed by atoms with Gasteiger partial charge in [-0.25, -0.2) is 4.68 Å². The average Bonchev–Trinajstić information content (AvgIpc) is 3.38. The molecule has 2 aromatic heterocycles. The van der Waals surface area contributed by atoms with Gasteiger partial charge in [0.1, 0.15) is 0 Å². The van der Waals surface area contributed by atoms with Crippen molar-refractivity contribution >= 4 is 34.1 Å². The van der Waals surface area contributed by atoms with E-state index < -0.39 is 0 Å². The van der Waals surface area contributed by atoms with Gasteiger partial charge in [-0.2, -0.15) is 0 Å². The average molecular weight is 394 g/mol. The van der Waals surface area contributed by atoms with Crippen LogP contribution in [0.1, 0.15) is 16.1 Å². The zero-order chi connectivity index (χ0) is 18.5. The van der Waals surface area contributed by atoms with E-state index in [9.17, 15) is 4.79 Å². The van der Waals surface area contributed by atoms with Crippen LogP contribution < -0.4 is 5.32 Å². The standard InChI is InChI=1S/C18H14N6OS2/c25-16(15-11-24(23-20-15)14-9-5-2-6-10-14)19-17-21-22-18(27-17)26-12-13-7-3-1-4-8-13/h1-11H,12H2,(H,19,21,25). The van der Waals surface area contributed by atoms with Crippen molar-refractivity contribution in [2.75, 3.05) is 5.32 Å². The minimum Gasteiger partial charge on any atom is -0.295 e. The quantitative estimate of drug-likeness (QED) is 0.397. The van der Waals surface area contributed by atoms with Crippen molar-refractivity contribution in [2.24, 2.45) is 0 Å². The molecule has 0 saturated carbocycles. The summed E-state index contributed by atoms with van der Waals surface area (Å²) in [6.45, 7) is 0. The lowest BCUT2D eigenvalue weighted by Gasteiger charge is -1.98. The Balaban J connectivity index is 1.37. The molecule has 0 aliphatic heterocycles. The van der Waals surface area contributed by atoms with Gasteiger partial charge >= 0.3 is 0 Å². The van der Waals surface area contributed by atoms with E-state index in [1.165, 1.54) is 16.9 Å². The highest BCUT2D eigenvalue weighted by Gasteiger charge is 2.14. The molecule has 2 heterocycles. The van der Waals surface area contributed by atoms with Crippen LogP contribution in [0.25, 0.3) is 5.69 Å². The van der Waals surface area contributed by atoms with Crippen LogP contribution in [0.2, 0.25) is 0 Å². The van der Waals surface area contributed by atoms with Crippen molar-refractivity contribution in [3.05, 3.63) is 78.1 Å². The molecule has 0 fully saturated rings. The van der Waals surface area contributed by atoms with E-state index >= 15 is 0 Å². The molecule has 0 atom stereocenters. The molecule has 2 aromatic carbocycles. The van der Waals surface area contributed by atoms with Crippen molar-refractivity contribution in [2.45, 2.75) is 10.1 Å². The van der Waals surface area contributed by atoms with Crippen molar-refractivity contribution in [3.8, 4) is 5.69 Å². The molecule has 134 valence electrons. The molecule has 0 saturated heterocycles. The normalized spacial score (nSPS) is 10.7. The highest BCUT2D eigenvalue weighted by atomic mass is 32.2. The number of nitrogens with zero attached hydrogens (tertiary/aromatic N) is 5. The monoisotopic (exact) mass is 394 g/mol. The summed E-state index contributed by atoms with van der Waals surface area (Å²) in [5.41, 5.74) is 2.26.